The zero-order valence-electron chi connectivity index (χ0n) is 7.30. The minimum Gasteiger partial charge on any atom is -0.495 e. The molecule has 0 unspecified atom stereocenters. The van der Waals surface area contributed by atoms with Crippen LogP contribution < -0.4 is 4.74 Å². The molecule has 0 aliphatic rings. The fourth-order valence-corrected chi connectivity index (χ4v) is 1.63. The number of hydrogen-bond donors (Lipinski definition) is 0. The van der Waals surface area contributed by atoms with E-state index in [1.165, 1.54) is 31.0 Å². The van der Waals surface area contributed by atoms with Crippen LogP contribution in [0.5, 0.6) is 5.75 Å². The minimum absolute atomic E-state index is 0.259. The standard InChI is InChI=1S/C9H8FNOS/c1-12-8-4-3-7(10)9(13-2)6(8)5-11/h3-4H,1-2H3. The van der Waals surface area contributed by atoms with E-state index in [1.807, 2.05) is 6.07 Å². The van der Waals surface area contributed by atoms with Crippen molar-refractivity contribution in [2.24, 2.45) is 0 Å². The van der Waals surface area contributed by atoms with Gasteiger partial charge in [-0.25, -0.2) is 4.39 Å². The van der Waals surface area contributed by atoms with Crippen LogP contribution in [0, 0.1) is 17.1 Å². The van der Waals surface area contributed by atoms with E-state index >= 15 is 0 Å². The van der Waals surface area contributed by atoms with Gasteiger partial charge in [-0.1, -0.05) is 0 Å². The summed E-state index contributed by atoms with van der Waals surface area (Å²) in [5, 5.41) is 8.78. The third-order valence-corrected chi connectivity index (χ3v) is 2.41. The maximum atomic E-state index is 13.1. The molecule has 0 saturated heterocycles. The first kappa shape index (κ1) is 9.87. The maximum absolute atomic E-state index is 13.1. The summed E-state index contributed by atoms with van der Waals surface area (Å²) in [6.07, 6.45) is 1.72. The van der Waals surface area contributed by atoms with E-state index in [1.54, 1.807) is 6.26 Å². The average Bonchev–Trinajstić information content (AvgIpc) is 2.17. The first-order valence-electron chi connectivity index (χ1n) is 3.55. The molecule has 0 radical (unpaired) electrons. The summed E-state index contributed by atoms with van der Waals surface area (Å²) in [6.45, 7) is 0. The summed E-state index contributed by atoms with van der Waals surface area (Å²) >= 11 is 1.20. The Morgan fingerprint density at radius 2 is 2.23 bits per heavy atom. The van der Waals surface area contributed by atoms with E-state index in [2.05, 4.69) is 0 Å². The number of nitriles is 1. The number of thioether (sulfide) groups is 1. The zero-order valence-corrected chi connectivity index (χ0v) is 8.11. The fraction of sp³-hybridized carbons (Fsp3) is 0.222. The Labute approximate surface area is 80.3 Å². The van der Waals surface area contributed by atoms with E-state index in [4.69, 9.17) is 10.00 Å². The quantitative estimate of drug-likeness (QED) is 0.682. The Morgan fingerprint density at radius 3 is 2.69 bits per heavy atom. The van der Waals surface area contributed by atoms with Gasteiger partial charge in [0.25, 0.3) is 0 Å². The summed E-state index contributed by atoms with van der Waals surface area (Å²) in [4.78, 5) is 0.335. The van der Waals surface area contributed by atoms with Crippen molar-refractivity contribution in [1.82, 2.24) is 0 Å². The highest BCUT2D eigenvalue weighted by Gasteiger charge is 2.12. The zero-order chi connectivity index (χ0) is 9.84. The maximum Gasteiger partial charge on any atom is 0.138 e. The summed E-state index contributed by atoms with van der Waals surface area (Å²) in [6, 6.07) is 4.67. The number of benzene rings is 1. The molecule has 2 nitrogen and oxygen atoms in total. The number of nitrogens with zero attached hydrogens (tertiary/aromatic N) is 1. The number of rotatable bonds is 2. The predicted molar refractivity (Wildman–Crippen MR) is 49.4 cm³/mol. The van der Waals surface area contributed by atoms with Crippen LogP contribution in [0.15, 0.2) is 17.0 Å². The molecule has 1 aromatic rings. The first-order chi connectivity index (χ1) is 6.24. The molecule has 0 fully saturated rings. The second-order valence-electron chi connectivity index (χ2n) is 2.27. The molecule has 0 spiro atoms. The topological polar surface area (TPSA) is 33.0 Å². The molecule has 0 aliphatic heterocycles. The van der Waals surface area contributed by atoms with Gasteiger partial charge in [0.15, 0.2) is 0 Å². The largest absolute Gasteiger partial charge is 0.495 e. The highest BCUT2D eigenvalue weighted by atomic mass is 32.2. The molecule has 0 atom stereocenters. The van der Waals surface area contributed by atoms with Crippen molar-refractivity contribution in [1.29, 1.82) is 5.26 Å². The lowest BCUT2D eigenvalue weighted by Gasteiger charge is -2.06. The van der Waals surface area contributed by atoms with Crippen molar-refractivity contribution in [2.45, 2.75) is 4.90 Å². The van der Waals surface area contributed by atoms with E-state index in [0.29, 0.717) is 10.6 Å². The van der Waals surface area contributed by atoms with Crippen LogP contribution in [-0.4, -0.2) is 13.4 Å². The van der Waals surface area contributed by atoms with Crippen LogP contribution in [0.3, 0.4) is 0 Å². The van der Waals surface area contributed by atoms with Crippen LogP contribution >= 0.6 is 11.8 Å². The third-order valence-electron chi connectivity index (χ3n) is 1.61. The van der Waals surface area contributed by atoms with Gasteiger partial charge >= 0.3 is 0 Å². The highest BCUT2D eigenvalue weighted by molar-refractivity contribution is 7.98. The van der Waals surface area contributed by atoms with Crippen molar-refractivity contribution in [3.63, 3.8) is 0 Å². The van der Waals surface area contributed by atoms with E-state index in [0.717, 1.165) is 0 Å². The Morgan fingerprint density at radius 1 is 1.54 bits per heavy atom. The lowest BCUT2D eigenvalue weighted by molar-refractivity contribution is 0.410. The normalized spacial score (nSPS) is 9.38. The molecule has 0 heterocycles. The Balaban J connectivity index is 3.39. The lowest BCUT2D eigenvalue weighted by Crippen LogP contribution is -1.92. The minimum atomic E-state index is -0.384. The molecular weight excluding hydrogens is 189 g/mol. The third kappa shape index (κ3) is 1.76. The number of ether oxygens (including phenoxy) is 1. The smallest absolute Gasteiger partial charge is 0.138 e. The molecule has 13 heavy (non-hydrogen) atoms. The monoisotopic (exact) mass is 197 g/mol. The molecule has 68 valence electrons. The van der Waals surface area contributed by atoms with E-state index in [9.17, 15) is 4.39 Å². The van der Waals surface area contributed by atoms with Crippen LogP contribution in [0.4, 0.5) is 4.39 Å². The fourth-order valence-electron chi connectivity index (χ4n) is 1.01. The van der Waals surface area contributed by atoms with Gasteiger partial charge in [0.05, 0.1) is 12.0 Å². The number of methoxy groups -OCH3 is 1. The van der Waals surface area contributed by atoms with Crippen LogP contribution in [0.2, 0.25) is 0 Å². The molecular formula is C9H8FNOS. The molecule has 0 saturated carbocycles. The van der Waals surface area contributed by atoms with Gasteiger partial charge in [-0.3, -0.25) is 0 Å². The predicted octanol–water partition coefficient (Wildman–Crippen LogP) is 2.43. The van der Waals surface area contributed by atoms with Gasteiger partial charge in [-0.2, -0.15) is 5.26 Å². The molecule has 4 heteroatoms. The highest BCUT2D eigenvalue weighted by Crippen LogP contribution is 2.30. The molecule has 0 bridgehead atoms. The van der Waals surface area contributed by atoms with Crippen LogP contribution in [0.1, 0.15) is 5.56 Å². The molecule has 0 aliphatic carbocycles. The second-order valence-corrected chi connectivity index (χ2v) is 3.09. The van der Waals surface area contributed by atoms with Crippen molar-refractivity contribution in [3.05, 3.63) is 23.5 Å². The number of halogens is 1. The SMILES string of the molecule is COc1ccc(F)c(SC)c1C#N. The van der Waals surface area contributed by atoms with Gasteiger partial charge in [0.1, 0.15) is 23.2 Å². The van der Waals surface area contributed by atoms with Crippen LogP contribution in [-0.2, 0) is 0 Å². The molecule has 0 aromatic heterocycles. The van der Waals surface area contributed by atoms with Crippen LogP contribution in [0.25, 0.3) is 0 Å². The summed E-state index contributed by atoms with van der Waals surface area (Å²) < 4.78 is 18.1. The van der Waals surface area contributed by atoms with E-state index in [-0.39, 0.29) is 11.4 Å². The van der Waals surface area contributed by atoms with Crippen molar-refractivity contribution in [3.8, 4) is 11.8 Å². The lowest BCUT2D eigenvalue weighted by atomic mass is 10.2. The molecule has 1 aromatic carbocycles. The summed E-state index contributed by atoms with van der Waals surface area (Å²) in [5.74, 6) is 0.0260. The Bertz CT molecular complexity index is 359. The summed E-state index contributed by atoms with van der Waals surface area (Å²) in [7, 11) is 1.46. The van der Waals surface area contributed by atoms with Gasteiger partial charge < -0.3 is 4.74 Å². The van der Waals surface area contributed by atoms with Crippen molar-refractivity contribution >= 4 is 11.8 Å². The van der Waals surface area contributed by atoms with E-state index < -0.39 is 0 Å². The van der Waals surface area contributed by atoms with Gasteiger partial charge in [-0.05, 0) is 18.4 Å². The summed E-state index contributed by atoms with van der Waals surface area (Å²) in [5.41, 5.74) is 0.259. The van der Waals surface area contributed by atoms with Gasteiger partial charge in [0.2, 0.25) is 0 Å². The Hall–Kier alpha value is -1.21. The second kappa shape index (κ2) is 4.15. The molecule has 1 rings (SSSR count). The molecule has 0 N–H and O–H groups in total. The molecule has 0 amide bonds. The van der Waals surface area contributed by atoms with Crippen molar-refractivity contribution in [2.75, 3.05) is 13.4 Å². The average molecular weight is 197 g/mol. The van der Waals surface area contributed by atoms with Gasteiger partial charge in [0, 0.05) is 0 Å². The first-order valence-corrected chi connectivity index (χ1v) is 4.77. The number of hydrogen-bond acceptors (Lipinski definition) is 3. The Kier molecular flexibility index (Phi) is 3.15. The van der Waals surface area contributed by atoms with Gasteiger partial charge in [-0.15, -0.1) is 11.8 Å². The van der Waals surface area contributed by atoms with Crippen molar-refractivity contribution < 1.29 is 9.13 Å².